The third-order valence-electron chi connectivity index (χ3n) is 7.02. The maximum Gasteiger partial charge on any atom is 0.391 e. The van der Waals surface area contributed by atoms with E-state index in [1.54, 1.807) is 4.90 Å². The van der Waals surface area contributed by atoms with Gasteiger partial charge in [-0.15, -0.1) is 0 Å². The van der Waals surface area contributed by atoms with Crippen LogP contribution in [-0.4, -0.2) is 77.3 Å². The molecule has 7 nitrogen and oxygen atoms in total. The zero-order valence-electron chi connectivity index (χ0n) is 19.8. The number of ketones is 1. The third-order valence-corrected chi connectivity index (χ3v) is 7.02. The smallest absolute Gasteiger partial charge is 0.391 e. The Hall–Kier alpha value is -2.01. The number of aliphatic hydroxyl groups is 1. The van der Waals surface area contributed by atoms with Gasteiger partial charge < -0.3 is 15.3 Å². The zero-order chi connectivity index (χ0) is 24.9. The first-order chi connectivity index (χ1) is 16.1. The molecule has 2 heterocycles. The monoisotopic (exact) mass is 489 g/mol. The quantitative estimate of drug-likeness (QED) is 0.514. The Morgan fingerprint density at radius 3 is 2.53 bits per heavy atom. The fourth-order valence-electron chi connectivity index (χ4n) is 5.02. The van der Waals surface area contributed by atoms with Gasteiger partial charge in [0.2, 0.25) is 5.82 Å². The van der Waals surface area contributed by atoms with E-state index in [2.05, 4.69) is 15.3 Å². The van der Waals surface area contributed by atoms with Crippen LogP contribution in [0.4, 0.5) is 29.2 Å². The van der Waals surface area contributed by atoms with E-state index in [1.807, 2.05) is 11.8 Å². The number of carbonyl (C=O) groups is 1. The molecule has 0 radical (unpaired) electrons. The number of halogens is 4. The van der Waals surface area contributed by atoms with Crippen molar-refractivity contribution in [3.8, 4) is 0 Å². The van der Waals surface area contributed by atoms with E-state index < -0.39 is 24.0 Å². The van der Waals surface area contributed by atoms with Crippen molar-refractivity contribution in [3.05, 3.63) is 12.1 Å². The SMILES string of the molecule is CCN(CC1CCC(C(F)(F)F)CC1)c1ncnc(NC[C@H]2CCN(CC(C)=O)C[C@@H]2O)c1F. The molecule has 0 bridgehead atoms. The Bertz CT molecular complexity index is 817. The van der Waals surface area contributed by atoms with E-state index in [4.69, 9.17) is 0 Å². The number of nitrogens with one attached hydrogen (secondary N) is 1. The number of piperidine rings is 1. The van der Waals surface area contributed by atoms with Crippen molar-refractivity contribution in [1.82, 2.24) is 14.9 Å². The van der Waals surface area contributed by atoms with Crippen molar-refractivity contribution in [2.75, 3.05) is 49.5 Å². The highest BCUT2D eigenvalue weighted by Crippen LogP contribution is 2.40. The number of Topliss-reactive ketones (excluding diaryl/α,β-unsaturated/α-hetero) is 1. The summed E-state index contributed by atoms with van der Waals surface area (Å²) in [4.78, 5) is 23.1. The minimum Gasteiger partial charge on any atom is -0.391 e. The van der Waals surface area contributed by atoms with Crippen LogP contribution in [-0.2, 0) is 4.79 Å². The van der Waals surface area contributed by atoms with Gasteiger partial charge in [-0.1, -0.05) is 0 Å². The predicted octanol–water partition coefficient (Wildman–Crippen LogP) is 3.49. The van der Waals surface area contributed by atoms with Crippen molar-refractivity contribution >= 4 is 17.4 Å². The Labute approximate surface area is 197 Å². The summed E-state index contributed by atoms with van der Waals surface area (Å²) in [5.74, 6) is -1.66. The third kappa shape index (κ3) is 7.00. The van der Waals surface area contributed by atoms with Crippen molar-refractivity contribution in [2.24, 2.45) is 17.8 Å². The van der Waals surface area contributed by atoms with Gasteiger partial charge in [0.05, 0.1) is 18.6 Å². The second-order valence-electron chi connectivity index (χ2n) is 9.59. The summed E-state index contributed by atoms with van der Waals surface area (Å²) >= 11 is 0. The summed E-state index contributed by atoms with van der Waals surface area (Å²) in [5.41, 5.74) is 0. The van der Waals surface area contributed by atoms with Gasteiger partial charge in [-0.05, 0) is 58.4 Å². The molecule has 3 rings (SSSR count). The lowest BCUT2D eigenvalue weighted by atomic mass is 9.81. The summed E-state index contributed by atoms with van der Waals surface area (Å²) in [6, 6.07) is 0. The molecule has 11 heteroatoms. The summed E-state index contributed by atoms with van der Waals surface area (Å²) in [6.07, 6.45) is -1.71. The first-order valence-electron chi connectivity index (χ1n) is 12.0. The molecule has 192 valence electrons. The highest BCUT2D eigenvalue weighted by Gasteiger charge is 2.41. The van der Waals surface area contributed by atoms with Crippen molar-refractivity contribution in [2.45, 2.75) is 58.2 Å². The fourth-order valence-corrected chi connectivity index (χ4v) is 5.02. The van der Waals surface area contributed by atoms with E-state index >= 15 is 4.39 Å². The molecule has 2 fully saturated rings. The number of anilines is 2. The number of rotatable bonds is 9. The highest BCUT2D eigenvalue weighted by atomic mass is 19.4. The standard InChI is InChI=1S/C23H35F4N5O2/c1-3-32(12-16-4-6-18(7-5-16)23(25,26)27)22-20(24)21(29-14-30-22)28-10-17-8-9-31(11-15(2)33)13-19(17)34/h14,16-19,34H,3-13H2,1-2H3,(H,28,29,30)/t16?,17-,18?,19+/m1/s1. The molecule has 34 heavy (non-hydrogen) atoms. The number of alkyl halides is 3. The summed E-state index contributed by atoms with van der Waals surface area (Å²) in [5, 5.41) is 13.4. The van der Waals surface area contributed by atoms with Crippen LogP contribution in [0.5, 0.6) is 0 Å². The lowest BCUT2D eigenvalue weighted by Gasteiger charge is -2.35. The Kier molecular flexibility index (Phi) is 9.08. The van der Waals surface area contributed by atoms with Gasteiger partial charge in [0.15, 0.2) is 11.6 Å². The summed E-state index contributed by atoms with van der Waals surface area (Å²) in [7, 11) is 0. The van der Waals surface area contributed by atoms with Gasteiger partial charge in [0, 0.05) is 32.1 Å². The van der Waals surface area contributed by atoms with Crippen LogP contribution < -0.4 is 10.2 Å². The average molecular weight is 490 g/mol. The lowest BCUT2D eigenvalue weighted by Crippen LogP contribution is -2.47. The normalized spacial score (nSPS) is 26.3. The maximum absolute atomic E-state index is 15.3. The molecule has 1 aliphatic heterocycles. The first-order valence-corrected chi connectivity index (χ1v) is 12.0. The minimum absolute atomic E-state index is 0.0441. The van der Waals surface area contributed by atoms with Crippen molar-refractivity contribution in [3.63, 3.8) is 0 Å². The topological polar surface area (TPSA) is 81.6 Å². The number of likely N-dealkylation sites (tertiary alicyclic amines) is 1. The molecule has 2 atom stereocenters. The molecule has 0 amide bonds. The Balaban J connectivity index is 1.57. The van der Waals surface area contributed by atoms with Crippen LogP contribution in [0.3, 0.4) is 0 Å². The Morgan fingerprint density at radius 1 is 1.24 bits per heavy atom. The van der Waals surface area contributed by atoms with E-state index in [9.17, 15) is 23.1 Å². The number of hydrogen-bond acceptors (Lipinski definition) is 7. The van der Waals surface area contributed by atoms with Crippen LogP contribution >= 0.6 is 0 Å². The molecule has 1 saturated heterocycles. The number of nitrogens with zero attached hydrogens (tertiary/aromatic N) is 4. The van der Waals surface area contributed by atoms with Gasteiger partial charge >= 0.3 is 6.18 Å². The van der Waals surface area contributed by atoms with Crippen molar-refractivity contribution < 1.29 is 27.5 Å². The molecule has 0 spiro atoms. The zero-order valence-corrected chi connectivity index (χ0v) is 19.8. The van der Waals surface area contributed by atoms with E-state index in [-0.39, 0.29) is 42.1 Å². The molecule has 1 aromatic rings. The average Bonchev–Trinajstić information content (AvgIpc) is 2.77. The molecular weight excluding hydrogens is 454 g/mol. The van der Waals surface area contributed by atoms with Crippen LogP contribution in [0, 0.1) is 23.6 Å². The molecule has 1 saturated carbocycles. The molecule has 2 aliphatic rings. The number of β-amino-alcohol motifs (C(OH)–C–C–N with tert-alkyl or cyclic N) is 1. The number of hydrogen-bond donors (Lipinski definition) is 2. The highest BCUT2D eigenvalue weighted by molar-refractivity contribution is 5.77. The van der Waals surface area contributed by atoms with Crippen LogP contribution in [0.1, 0.15) is 46.0 Å². The van der Waals surface area contributed by atoms with Gasteiger partial charge in [0.25, 0.3) is 0 Å². The fraction of sp³-hybridized carbons (Fsp3) is 0.783. The van der Waals surface area contributed by atoms with Gasteiger partial charge in [-0.25, -0.2) is 9.97 Å². The van der Waals surface area contributed by atoms with Crippen LogP contribution in [0.2, 0.25) is 0 Å². The predicted molar refractivity (Wildman–Crippen MR) is 121 cm³/mol. The molecule has 2 N–H and O–H groups in total. The molecular formula is C23H35F4N5O2. The largest absolute Gasteiger partial charge is 0.391 e. The molecule has 1 aromatic heterocycles. The molecule has 0 aromatic carbocycles. The molecule has 0 unspecified atom stereocenters. The maximum atomic E-state index is 15.3. The Morgan fingerprint density at radius 2 is 1.94 bits per heavy atom. The number of carbonyl (C=O) groups excluding carboxylic acids is 1. The summed E-state index contributed by atoms with van der Waals surface area (Å²) < 4.78 is 54.1. The van der Waals surface area contributed by atoms with Gasteiger partial charge in [-0.2, -0.15) is 17.6 Å². The van der Waals surface area contributed by atoms with Crippen molar-refractivity contribution in [1.29, 1.82) is 0 Å². The van der Waals surface area contributed by atoms with Gasteiger partial charge in [0.1, 0.15) is 12.1 Å². The number of aromatic nitrogens is 2. The van der Waals surface area contributed by atoms with Crippen LogP contribution in [0.15, 0.2) is 6.33 Å². The van der Waals surface area contributed by atoms with E-state index in [0.29, 0.717) is 58.5 Å². The first kappa shape index (κ1) is 26.6. The lowest BCUT2D eigenvalue weighted by molar-refractivity contribution is -0.183. The van der Waals surface area contributed by atoms with Crippen LogP contribution in [0.25, 0.3) is 0 Å². The second-order valence-corrected chi connectivity index (χ2v) is 9.59. The number of aliphatic hydroxyl groups excluding tert-OH is 1. The summed E-state index contributed by atoms with van der Waals surface area (Å²) in [6.45, 7) is 6.01. The second kappa shape index (κ2) is 11.6. The van der Waals surface area contributed by atoms with Gasteiger partial charge in [-0.3, -0.25) is 9.69 Å². The molecule has 1 aliphatic carbocycles. The minimum atomic E-state index is -4.15. The van der Waals surface area contributed by atoms with E-state index in [1.165, 1.54) is 13.3 Å². The van der Waals surface area contributed by atoms with E-state index in [0.717, 1.165) is 0 Å².